The Labute approximate surface area is 153 Å². The van der Waals surface area contributed by atoms with Gasteiger partial charge in [0.2, 0.25) is 0 Å². The van der Waals surface area contributed by atoms with Crippen molar-refractivity contribution in [3.63, 3.8) is 0 Å². The van der Waals surface area contributed by atoms with E-state index in [0.29, 0.717) is 12.2 Å². The van der Waals surface area contributed by atoms with E-state index in [0.717, 1.165) is 35.1 Å². The van der Waals surface area contributed by atoms with E-state index in [2.05, 4.69) is 36.3 Å². The maximum Gasteiger partial charge on any atom is 0.251 e. The molecule has 1 N–H and O–H groups in total. The van der Waals surface area contributed by atoms with Crippen molar-refractivity contribution in [1.29, 1.82) is 0 Å². The minimum Gasteiger partial charge on any atom is -0.379 e. The van der Waals surface area contributed by atoms with Crippen molar-refractivity contribution < 1.29 is 9.53 Å². The minimum absolute atomic E-state index is 0.0432. The molecule has 4 rings (SSSR count). The molecule has 3 aromatic rings. The normalized spacial score (nSPS) is 16.8. The highest BCUT2D eigenvalue weighted by atomic mass is 16.5. The van der Waals surface area contributed by atoms with Crippen LogP contribution in [0.3, 0.4) is 0 Å². The number of nitrogens with zero attached hydrogens (tertiary/aromatic N) is 1. The van der Waals surface area contributed by atoms with Gasteiger partial charge in [-0.05, 0) is 61.2 Å². The molecule has 1 atom stereocenters. The van der Waals surface area contributed by atoms with E-state index in [-0.39, 0.29) is 11.9 Å². The third-order valence-electron chi connectivity index (χ3n) is 4.90. The van der Waals surface area contributed by atoms with Crippen molar-refractivity contribution in [2.45, 2.75) is 26.3 Å². The number of rotatable bonds is 3. The molecule has 0 radical (unpaired) electrons. The highest BCUT2D eigenvalue weighted by Crippen LogP contribution is 2.30. The van der Waals surface area contributed by atoms with E-state index in [4.69, 9.17) is 4.74 Å². The fourth-order valence-electron chi connectivity index (χ4n) is 3.58. The van der Waals surface area contributed by atoms with Crippen LogP contribution in [0.4, 0.5) is 0 Å². The zero-order chi connectivity index (χ0) is 18.1. The molecule has 132 valence electrons. The van der Waals surface area contributed by atoms with Crippen LogP contribution in [-0.4, -0.2) is 30.1 Å². The quantitative estimate of drug-likeness (QED) is 0.779. The van der Waals surface area contributed by atoms with Gasteiger partial charge in [0.05, 0.1) is 18.2 Å². The Morgan fingerprint density at radius 1 is 1.15 bits per heavy atom. The standard InChI is InChI=1S/C22H22N2O2/c1-14-11-15(2)21-20(12-14)19(7-9-23-21)16-3-5-17(6-4-16)22(25)24-18-8-10-26-13-18/h3-7,9,11-12,18H,8,10,13H2,1-2H3,(H,24,25)/t18-/m1/s1. The summed E-state index contributed by atoms with van der Waals surface area (Å²) >= 11 is 0. The van der Waals surface area contributed by atoms with Crippen molar-refractivity contribution in [1.82, 2.24) is 10.3 Å². The lowest BCUT2D eigenvalue weighted by Crippen LogP contribution is -2.34. The van der Waals surface area contributed by atoms with Gasteiger partial charge >= 0.3 is 0 Å². The van der Waals surface area contributed by atoms with Crippen molar-refractivity contribution in [3.05, 3.63) is 65.4 Å². The third-order valence-corrected chi connectivity index (χ3v) is 4.90. The van der Waals surface area contributed by atoms with Crippen LogP contribution in [0, 0.1) is 13.8 Å². The van der Waals surface area contributed by atoms with Crippen LogP contribution in [0.2, 0.25) is 0 Å². The molecule has 1 fully saturated rings. The van der Waals surface area contributed by atoms with E-state index >= 15 is 0 Å². The van der Waals surface area contributed by atoms with E-state index < -0.39 is 0 Å². The van der Waals surface area contributed by atoms with Crippen LogP contribution in [0.15, 0.2) is 48.7 Å². The summed E-state index contributed by atoms with van der Waals surface area (Å²) in [4.78, 5) is 16.9. The average Bonchev–Trinajstić information content (AvgIpc) is 3.14. The van der Waals surface area contributed by atoms with Gasteiger partial charge in [0.15, 0.2) is 0 Å². The first-order valence-electron chi connectivity index (χ1n) is 8.97. The summed E-state index contributed by atoms with van der Waals surface area (Å²) in [5.41, 5.74) is 6.32. The number of nitrogens with one attached hydrogen (secondary N) is 1. The van der Waals surface area contributed by atoms with E-state index in [1.807, 2.05) is 36.5 Å². The Morgan fingerprint density at radius 2 is 1.96 bits per heavy atom. The number of carbonyl (C=O) groups excluding carboxylic acids is 1. The largest absolute Gasteiger partial charge is 0.379 e. The van der Waals surface area contributed by atoms with Crippen molar-refractivity contribution >= 4 is 16.8 Å². The van der Waals surface area contributed by atoms with Gasteiger partial charge in [-0.15, -0.1) is 0 Å². The second-order valence-corrected chi connectivity index (χ2v) is 6.95. The molecule has 4 nitrogen and oxygen atoms in total. The predicted octanol–water partition coefficient (Wildman–Crippen LogP) is 4.04. The molecule has 1 aliphatic rings. The number of hydrogen-bond donors (Lipinski definition) is 1. The Morgan fingerprint density at radius 3 is 2.69 bits per heavy atom. The summed E-state index contributed by atoms with van der Waals surface area (Å²) in [6, 6.07) is 14.3. The number of aryl methyl sites for hydroxylation is 2. The molecule has 1 amide bonds. The van der Waals surface area contributed by atoms with Crippen molar-refractivity contribution in [2.75, 3.05) is 13.2 Å². The molecule has 0 aliphatic carbocycles. The van der Waals surface area contributed by atoms with Crippen LogP contribution in [0.1, 0.15) is 27.9 Å². The molecule has 0 saturated carbocycles. The number of carbonyl (C=O) groups is 1. The fourth-order valence-corrected chi connectivity index (χ4v) is 3.58. The molecular formula is C22H22N2O2. The number of amides is 1. The van der Waals surface area contributed by atoms with Gasteiger partial charge in [0, 0.05) is 23.8 Å². The van der Waals surface area contributed by atoms with Crippen molar-refractivity contribution in [2.24, 2.45) is 0 Å². The lowest BCUT2D eigenvalue weighted by atomic mass is 9.97. The van der Waals surface area contributed by atoms with Gasteiger partial charge in [0.25, 0.3) is 5.91 Å². The van der Waals surface area contributed by atoms with Crippen molar-refractivity contribution in [3.8, 4) is 11.1 Å². The maximum atomic E-state index is 12.4. The summed E-state index contributed by atoms with van der Waals surface area (Å²) in [6.45, 7) is 5.51. The Bertz CT molecular complexity index is 958. The zero-order valence-electron chi connectivity index (χ0n) is 15.1. The van der Waals surface area contributed by atoms with Gasteiger partial charge in [0.1, 0.15) is 0 Å². The molecule has 0 unspecified atom stereocenters. The summed E-state index contributed by atoms with van der Waals surface area (Å²) < 4.78 is 5.31. The van der Waals surface area contributed by atoms with Gasteiger partial charge < -0.3 is 10.1 Å². The maximum absolute atomic E-state index is 12.4. The second kappa shape index (κ2) is 6.89. The first-order chi connectivity index (χ1) is 12.6. The first-order valence-corrected chi connectivity index (χ1v) is 8.97. The molecule has 2 heterocycles. The molecule has 0 bridgehead atoms. The first kappa shape index (κ1) is 16.7. The topological polar surface area (TPSA) is 51.2 Å². The molecule has 26 heavy (non-hydrogen) atoms. The van der Waals surface area contributed by atoms with Crippen LogP contribution in [-0.2, 0) is 4.74 Å². The molecule has 1 aliphatic heterocycles. The molecule has 4 heteroatoms. The Hall–Kier alpha value is -2.72. The number of aromatic nitrogens is 1. The Kier molecular flexibility index (Phi) is 4.43. The van der Waals surface area contributed by atoms with Crippen LogP contribution in [0.25, 0.3) is 22.0 Å². The van der Waals surface area contributed by atoms with Gasteiger partial charge in [-0.2, -0.15) is 0 Å². The lowest BCUT2D eigenvalue weighted by molar-refractivity contribution is 0.0930. The summed E-state index contributed by atoms with van der Waals surface area (Å²) in [5.74, 6) is -0.0432. The number of fused-ring (bicyclic) bond motifs is 1. The molecule has 2 aromatic carbocycles. The van der Waals surface area contributed by atoms with E-state index in [9.17, 15) is 4.79 Å². The summed E-state index contributed by atoms with van der Waals surface area (Å²) in [7, 11) is 0. The minimum atomic E-state index is -0.0432. The zero-order valence-corrected chi connectivity index (χ0v) is 15.1. The molecule has 0 spiro atoms. The molecule has 1 saturated heterocycles. The smallest absolute Gasteiger partial charge is 0.251 e. The fraction of sp³-hybridized carbons (Fsp3) is 0.273. The number of hydrogen-bond acceptors (Lipinski definition) is 3. The average molecular weight is 346 g/mol. The second-order valence-electron chi connectivity index (χ2n) is 6.95. The van der Waals surface area contributed by atoms with Crippen LogP contribution < -0.4 is 5.32 Å². The number of benzene rings is 2. The highest BCUT2D eigenvalue weighted by Gasteiger charge is 2.18. The number of ether oxygens (including phenoxy) is 1. The van der Waals surface area contributed by atoms with Gasteiger partial charge in [-0.25, -0.2) is 0 Å². The third kappa shape index (κ3) is 3.20. The SMILES string of the molecule is Cc1cc(C)c2nccc(-c3ccc(C(=O)N[C@@H]4CCOC4)cc3)c2c1. The molecular weight excluding hydrogens is 324 g/mol. The summed E-state index contributed by atoms with van der Waals surface area (Å²) in [6.07, 6.45) is 2.73. The predicted molar refractivity (Wildman–Crippen MR) is 103 cm³/mol. The van der Waals surface area contributed by atoms with Gasteiger partial charge in [-0.1, -0.05) is 23.8 Å². The van der Waals surface area contributed by atoms with E-state index in [1.54, 1.807) is 0 Å². The lowest BCUT2D eigenvalue weighted by Gasteiger charge is -2.12. The highest BCUT2D eigenvalue weighted by molar-refractivity contribution is 5.98. The monoisotopic (exact) mass is 346 g/mol. The van der Waals surface area contributed by atoms with Gasteiger partial charge in [-0.3, -0.25) is 9.78 Å². The Balaban J connectivity index is 1.65. The van der Waals surface area contributed by atoms with Crippen LogP contribution >= 0.6 is 0 Å². The summed E-state index contributed by atoms with van der Waals surface area (Å²) in [5, 5.41) is 4.17. The molecule has 1 aromatic heterocycles. The van der Waals surface area contributed by atoms with Crippen LogP contribution in [0.5, 0.6) is 0 Å². The number of pyridine rings is 1. The van der Waals surface area contributed by atoms with E-state index in [1.165, 1.54) is 11.1 Å².